The molecule has 2 fully saturated rings. The standard InChI is InChI=1S/C23H28ClN5O2S/c1-14-4-5-18(8-20(14)24)27-21(30)6-7-28-10-16-12-29(13-17(16)11-28)22(31)19-9-25-23(32-3)26-15(19)2/h4-5,8-9,16-17H,6-7,10-13H2,1-3H3,(H,27,30). The van der Waals surface area contributed by atoms with E-state index in [1.165, 1.54) is 11.8 Å². The summed E-state index contributed by atoms with van der Waals surface area (Å²) < 4.78 is 0. The van der Waals surface area contributed by atoms with E-state index in [0.29, 0.717) is 34.0 Å². The first-order chi connectivity index (χ1) is 15.3. The van der Waals surface area contributed by atoms with Gasteiger partial charge in [-0.1, -0.05) is 29.4 Å². The molecule has 0 aliphatic carbocycles. The number of aryl methyl sites for hydroxylation is 2. The molecule has 170 valence electrons. The van der Waals surface area contributed by atoms with Gasteiger partial charge in [0, 0.05) is 56.1 Å². The smallest absolute Gasteiger partial charge is 0.257 e. The average Bonchev–Trinajstić information content (AvgIpc) is 3.33. The molecule has 9 heteroatoms. The highest BCUT2D eigenvalue weighted by molar-refractivity contribution is 7.98. The molecule has 2 unspecified atom stereocenters. The van der Waals surface area contributed by atoms with Gasteiger partial charge >= 0.3 is 0 Å². The number of benzene rings is 1. The maximum Gasteiger partial charge on any atom is 0.257 e. The summed E-state index contributed by atoms with van der Waals surface area (Å²) in [5.74, 6) is 0.907. The number of rotatable bonds is 6. The summed E-state index contributed by atoms with van der Waals surface area (Å²) in [5, 5.41) is 4.25. The van der Waals surface area contributed by atoms with Gasteiger partial charge in [-0.15, -0.1) is 0 Å². The molecule has 2 aliphatic rings. The average molecular weight is 474 g/mol. The molecule has 1 aromatic heterocycles. The Morgan fingerprint density at radius 3 is 2.53 bits per heavy atom. The normalized spacial score (nSPS) is 20.4. The van der Waals surface area contributed by atoms with Gasteiger partial charge in [-0.25, -0.2) is 9.97 Å². The van der Waals surface area contributed by atoms with Gasteiger partial charge in [0.05, 0.1) is 11.3 Å². The molecule has 1 aromatic carbocycles. The molecular formula is C23H28ClN5O2S. The molecule has 0 saturated carbocycles. The highest BCUT2D eigenvalue weighted by Gasteiger charge is 2.41. The molecule has 2 saturated heterocycles. The molecule has 2 amide bonds. The predicted octanol–water partition coefficient (Wildman–Crippen LogP) is 3.50. The van der Waals surface area contributed by atoms with Crippen LogP contribution in [0.4, 0.5) is 5.69 Å². The summed E-state index contributed by atoms with van der Waals surface area (Å²) in [6.07, 6.45) is 4.01. The molecular weight excluding hydrogens is 446 g/mol. The number of nitrogens with zero attached hydrogens (tertiary/aromatic N) is 4. The number of hydrogen-bond donors (Lipinski definition) is 1. The van der Waals surface area contributed by atoms with Gasteiger partial charge in [0.1, 0.15) is 0 Å². The molecule has 3 heterocycles. The lowest BCUT2D eigenvalue weighted by Crippen LogP contribution is -2.34. The van der Waals surface area contributed by atoms with Gasteiger partial charge in [-0.3, -0.25) is 9.59 Å². The minimum Gasteiger partial charge on any atom is -0.338 e. The van der Waals surface area contributed by atoms with Crippen LogP contribution < -0.4 is 5.32 Å². The third kappa shape index (κ3) is 5.08. The summed E-state index contributed by atoms with van der Waals surface area (Å²) in [4.78, 5) is 38.3. The number of thioether (sulfide) groups is 1. The van der Waals surface area contributed by atoms with Gasteiger partial charge in [-0.05, 0) is 49.6 Å². The van der Waals surface area contributed by atoms with E-state index in [0.717, 1.165) is 49.7 Å². The van der Waals surface area contributed by atoms with Gasteiger partial charge in [-0.2, -0.15) is 0 Å². The van der Waals surface area contributed by atoms with Crippen molar-refractivity contribution in [1.29, 1.82) is 0 Å². The summed E-state index contributed by atoms with van der Waals surface area (Å²) in [7, 11) is 0. The van der Waals surface area contributed by atoms with Crippen molar-refractivity contribution in [2.45, 2.75) is 25.4 Å². The Kier molecular flexibility index (Phi) is 7.02. The molecule has 32 heavy (non-hydrogen) atoms. The van der Waals surface area contributed by atoms with E-state index in [1.807, 2.05) is 37.1 Å². The Labute approximate surface area is 197 Å². The number of carbonyl (C=O) groups is 2. The minimum absolute atomic E-state index is 0.0112. The fourth-order valence-corrected chi connectivity index (χ4v) is 5.08. The zero-order valence-electron chi connectivity index (χ0n) is 18.6. The second-order valence-corrected chi connectivity index (χ2v) is 9.79. The van der Waals surface area contributed by atoms with E-state index in [-0.39, 0.29) is 11.8 Å². The first-order valence-electron chi connectivity index (χ1n) is 10.8. The fraction of sp³-hybridized carbons (Fsp3) is 0.478. The maximum absolute atomic E-state index is 13.0. The molecule has 1 N–H and O–H groups in total. The van der Waals surface area contributed by atoms with Crippen LogP contribution in [-0.4, -0.2) is 70.6 Å². The van der Waals surface area contributed by atoms with Crippen LogP contribution in [-0.2, 0) is 4.79 Å². The topological polar surface area (TPSA) is 78.4 Å². The van der Waals surface area contributed by atoms with Crippen LogP contribution in [0.15, 0.2) is 29.6 Å². The Morgan fingerprint density at radius 2 is 1.91 bits per heavy atom. The van der Waals surface area contributed by atoms with Crippen LogP contribution in [0.2, 0.25) is 5.02 Å². The number of aromatic nitrogens is 2. The van der Waals surface area contributed by atoms with Crippen molar-refractivity contribution in [2.75, 3.05) is 44.3 Å². The lowest BCUT2D eigenvalue weighted by molar-refractivity contribution is -0.116. The third-order valence-corrected chi connectivity index (χ3v) is 7.30. The molecule has 0 radical (unpaired) electrons. The maximum atomic E-state index is 13.0. The van der Waals surface area contributed by atoms with E-state index >= 15 is 0 Å². The quantitative estimate of drug-likeness (QED) is 0.511. The van der Waals surface area contributed by atoms with E-state index < -0.39 is 0 Å². The number of amides is 2. The summed E-state index contributed by atoms with van der Waals surface area (Å²) in [5.41, 5.74) is 3.03. The number of halogens is 1. The van der Waals surface area contributed by atoms with Crippen molar-refractivity contribution >= 4 is 40.9 Å². The van der Waals surface area contributed by atoms with Crippen LogP contribution >= 0.6 is 23.4 Å². The molecule has 7 nitrogen and oxygen atoms in total. The van der Waals surface area contributed by atoms with E-state index in [2.05, 4.69) is 20.2 Å². The number of likely N-dealkylation sites (tertiary alicyclic amines) is 2. The summed E-state index contributed by atoms with van der Waals surface area (Å²) in [6.45, 7) is 7.84. The van der Waals surface area contributed by atoms with Crippen molar-refractivity contribution in [2.24, 2.45) is 11.8 Å². The van der Waals surface area contributed by atoms with Gasteiger partial charge in [0.2, 0.25) is 5.91 Å². The zero-order chi connectivity index (χ0) is 22.8. The van der Waals surface area contributed by atoms with Crippen molar-refractivity contribution in [3.8, 4) is 0 Å². The Balaban J connectivity index is 1.25. The van der Waals surface area contributed by atoms with E-state index in [9.17, 15) is 9.59 Å². The van der Waals surface area contributed by atoms with Crippen molar-refractivity contribution in [3.63, 3.8) is 0 Å². The molecule has 2 aliphatic heterocycles. The largest absolute Gasteiger partial charge is 0.338 e. The van der Waals surface area contributed by atoms with Crippen LogP contribution in [0.1, 0.15) is 28.0 Å². The summed E-state index contributed by atoms with van der Waals surface area (Å²) >= 11 is 7.60. The first kappa shape index (κ1) is 23.0. The SMILES string of the molecule is CSc1ncc(C(=O)N2CC3CN(CCC(=O)Nc4ccc(C)c(Cl)c4)CC3C2)c(C)n1. The van der Waals surface area contributed by atoms with Gasteiger partial charge in [0.15, 0.2) is 5.16 Å². The van der Waals surface area contributed by atoms with Gasteiger partial charge < -0.3 is 15.1 Å². The second-order valence-electron chi connectivity index (χ2n) is 8.61. The lowest BCUT2D eigenvalue weighted by Gasteiger charge is -2.22. The molecule has 2 aromatic rings. The highest BCUT2D eigenvalue weighted by atomic mass is 35.5. The van der Waals surface area contributed by atoms with Crippen molar-refractivity contribution in [1.82, 2.24) is 19.8 Å². The first-order valence-corrected chi connectivity index (χ1v) is 12.4. The second kappa shape index (κ2) is 9.77. The van der Waals surface area contributed by atoms with Crippen LogP contribution in [0.5, 0.6) is 0 Å². The number of hydrogen-bond acceptors (Lipinski definition) is 6. The molecule has 4 rings (SSSR count). The number of anilines is 1. The lowest BCUT2D eigenvalue weighted by atomic mass is 10.0. The van der Waals surface area contributed by atoms with Crippen LogP contribution in [0, 0.1) is 25.7 Å². The van der Waals surface area contributed by atoms with Crippen LogP contribution in [0.25, 0.3) is 0 Å². The van der Waals surface area contributed by atoms with Crippen LogP contribution in [0.3, 0.4) is 0 Å². The molecule has 0 spiro atoms. The van der Waals surface area contributed by atoms with Crippen molar-refractivity contribution in [3.05, 3.63) is 46.2 Å². The monoisotopic (exact) mass is 473 g/mol. The van der Waals surface area contributed by atoms with E-state index in [1.54, 1.807) is 12.3 Å². The Hall–Kier alpha value is -2.16. The number of fused-ring (bicyclic) bond motifs is 1. The fourth-order valence-electron chi connectivity index (χ4n) is 4.52. The summed E-state index contributed by atoms with van der Waals surface area (Å²) in [6, 6.07) is 5.55. The third-order valence-electron chi connectivity index (χ3n) is 6.33. The number of nitrogens with one attached hydrogen (secondary N) is 1. The minimum atomic E-state index is -0.0112. The zero-order valence-corrected chi connectivity index (χ0v) is 20.2. The van der Waals surface area contributed by atoms with Gasteiger partial charge in [0.25, 0.3) is 5.91 Å². The highest BCUT2D eigenvalue weighted by Crippen LogP contribution is 2.32. The number of carbonyl (C=O) groups excluding carboxylic acids is 2. The Morgan fingerprint density at radius 1 is 1.19 bits per heavy atom. The predicted molar refractivity (Wildman–Crippen MR) is 127 cm³/mol. The molecule has 0 bridgehead atoms. The Bertz CT molecular complexity index is 1020. The molecule has 2 atom stereocenters. The van der Waals surface area contributed by atoms with Crippen molar-refractivity contribution < 1.29 is 9.59 Å². The van der Waals surface area contributed by atoms with E-state index in [4.69, 9.17) is 11.6 Å².